The first kappa shape index (κ1) is 33.6. The van der Waals surface area contributed by atoms with Crippen molar-refractivity contribution in [3.8, 4) is 0 Å². The van der Waals surface area contributed by atoms with Crippen LogP contribution in [0.1, 0.15) is 127 Å². The molecule has 41 heavy (non-hydrogen) atoms. The van der Waals surface area contributed by atoms with Gasteiger partial charge in [-0.15, -0.1) is 0 Å². The number of ether oxygens (including phenoxy) is 2. The Morgan fingerprint density at radius 1 is 1.05 bits per heavy atom. The lowest BCUT2D eigenvalue weighted by Crippen LogP contribution is -2.50. The molecule has 0 amide bonds. The van der Waals surface area contributed by atoms with Crippen LogP contribution in [0.4, 0.5) is 0 Å². The number of hydrogen-bond donors (Lipinski definition) is 1. The first-order valence-electron chi connectivity index (χ1n) is 16.0. The number of aliphatic hydroxyl groups excluding tert-OH is 1. The van der Waals surface area contributed by atoms with Gasteiger partial charge in [0, 0.05) is 23.7 Å². The minimum Gasteiger partial charge on any atom is -0.461 e. The molecule has 6 nitrogen and oxygen atoms in total. The van der Waals surface area contributed by atoms with E-state index in [1.54, 1.807) is 20.8 Å². The van der Waals surface area contributed by atoms with Crippen molar-refractivity contribution in [2.24, 2.45) is 34.0 Å². The molecule has 3 aliphatic carbocycles. The number of fused-ring (bicyclic) bond motifs is 1. The van der Waals surface area contributed by atoms with E-state index in [2.05, 4.69) is 19.9 Å². The standard InChI is InChI=1S/C35H56O6/c1-10-11-12-13-14-15-16-17-28(36)41-34(9)21-24(3)35-20-23(2)18-26(35)29(37)25(22-40-31(39)32(4,5)6)19-27(30(35)38)33(34,7)8/h19-20,24,26-27,29,37H,10-18,21-22H2,1-9H3/t24-,26?,27?,29?,34-,35?/m1/s1. The number of carbonyl (C=O) groups excluding carboxylic acids is 3. The van der Waals surface area contributed by atoms with E-state index in [0.29, 0.717) is 24.8 Å². The summed E-state index contributed by atoms with van der Waals surface area (Å²) in [6.07, 6.45) is 12.4. The summed E-state index contributed by atoms with van der Waals surface area (Å²) in [5.74, 6) is -1.62. The molecular weight excluding hydrogens is 516 g/mol. The molecule has 4 unspecified atom stereocenters. The maximum atomic E-state index is 14.7. The Kier molecular flexibility index (Phi) is 10.4. The molecular formula is C35H56O6. The number of Topliss-reactive ketones (excluding diaryl/α,β-unsaturated/α-hetero) is 1. The van der Waals surface area contributed by atoms with Gasteiger partial charge in [-0.1, -0.05) is 83.9 Å². The van der Waals surface area contributed by atoms with Crippen molar-refractivity contribution in [2.75, 3.05) is 6.61 Å². The van der Waals surface area contributed by atoms with Crippen LogP contribution in [0.3, 0.4) is 0 Å². The summed E-state index contributed by atoms with van der Waals surface area (Å²) in [5, 5.41) is 11.7. The van der Waals surface area contributed by atoms with Gasteiger partial charge in [0.2, 0.25) is 0 Å². The monoisotopic (exact) mass is 572 g/mol. The van der Waals surface area contributed by atoms with Gasteiger partial charge in [0.1, 0.15) is 12.2 Å². The molecule has 0 aliphatic heterocycles. The van der Waals surface area contributed by atoms with Crippen LogP contribution in [0.5, 0.6) is 0 Å². The molecule has 232 valence electrons. The number of hydrogen-bond acceptors (Lipinski definition) is 6. The molecule has 0 radical (unpaired) electrons. The smallest absolute Gasteiger partial charge is 0.311 e. The van der Waals surface area contributed by atoms with E-state index < -0.39 is 33.9 Å². The molecule has 0 heterocycles. The number of aliphatic hydroxyl groups is 1. The van der Waals surface area contributed by atoms with Crippen LogP contribution in [0.25, 0.3) is 0 Å². The highest BCUT2D eigenvalue weighted by Crippen LogP contribution is 2.62. The molecule has 1 fully saturated rings. The van der Waals surface area contributed by atoms with Crippen LogP contribution in [-0.2, 0) is 23.9 Å². The van der Waals surface area contributed by atoms with Gasteiger partial charge >= 0.3 is 11.9 Å². The maximum Gasteiger partial charge on any atom is 0.311 e. The highest BCUT2D eigenvalue weighted by atomic mass is 16.6. The topological polar surface area (TPSA) is 89.9 Å². The Hall–Kier alpha value is -1.95. The van der Waals surface area contributed by atoms with Crippen LogP contribution < -0.4 is 0 Å². The highest BCUT2D eigenvalue weighted by molar-refractivity contribution is 5.93. The Morgan fingerprint density at radius 3 is 2.27 bits per heavy atom. The van der Waals surface area contributed by atoms with Gasteiger partial charge in [0.05, 0.1) is 16.9 Å². The summed E-state index contributed by atoms with van der Waals surface area (Å²) < 4.78 is 12.1. The number of carbonyl (C=O) groups is 3. The molecule has 1 spiro atoms. The van der Waals surface area contributed by atoms with Gasteiger partial charge in [-0.05, 0) is 65.4 Å². The number of ketones is 1. The van der Waals surface area contributed by atoms with Crippen molar-refractivity contribution in [1.82, 2.24) is 0 Å². The Labute approximate surface area is 248 Å². The Bertz CT molecular complexity index is 1050. The third-order valence-corrected chi connectivity index (χ3v) is 10.4. The zero-order valence-electron chi connectivity index (χ0n) is 27.2. The molecule has 0 aromatic carbocycles. The SMILES string of the molecule is CCCCCCCCCC(=O)O[C@]1(C)C[C@@H](C)C23C=C(C)CC2C(O)C(COC(=O)C(C)(C)C)=CC(C3=O)C1(C)C. The molecule has 0 saturated heterocycles. The summed E-state index contributed by atoms with van der Waals surface area (Å²) in [4.78, 5) is 40.5. The average Bonchev–Trinajstić information content (AvgIpc) is 3.19. The van der Waals surface area contributed by atoms with Crippen molar-refractivity contribution in [3.63, 3.8) is 0 Å². The molecule has 3 aliphatic rings. The quantitative estimate of drug-likeness (QED) is 0.156. The summed E-state index contributed by atoms with van der Waals surface area (Å²) in [7, 11) is 0. The number of unbranched alkanes of at least 4 members (excludes halogenated alkanes) is 6. The fraction of sp³-hybridized carbons (Fsp3) is 0.800. The Morgan fingerprint density at radius 2 is 1.66 bits per heavy atom. The normalized spacial score (nSPS) is 32.8. The lowest BCUT2D eigenvalue weighted by atomic mass is 9.62. The lowest BCUT2D eigenvalue weighted by Gasteiger charge is -2.46. The van der Waals surface area contributed by atoms with Crippen LogP contribution >= 0.6 is 0 Å². The van der Waals surface area contributed by atoms with Crippen molar-refractivity contribution < 1.29 is 29.0 Å². The van der Waals surface area contributed by atoms with Crippen molar-refractivity contribution in [2.45, 2.75) is 138 Å². The molecule has 6 heteroatoms. The third-order valence-electron chi connectivity index (χ3n) is 10.4. The zero-order valence-corrected chi connectivity index (χ0v) is 27.2. The molecule has 3 rings (SSSR count). The summed E-state index contributed by atoms with van der Waals surface area (Å²) in [6, 6.07) is 0. The van der Waals surface area contributed by atoms with Crippen LogP contribution in [0.15, 0.2) is 23.3 Å². The van der Waals surface area contributed by atoms with Gasteiger partial charge in [-0.3, -0.25) is 14.4 Å². The van der Waals surface area contributed by atoms with Crippen LogP contribution in [-0.4, -0.2) is 41.1 Å². The molecule has 0 aromatic rings. The molecule has 2 bridgehead atoms. The maximum absolute atomic E-state index is 14.7. The number of esters is 2. The van der Waals surface area contributed by atoms with E-state index in [4.69, 9.17) is 9.47 Å². The lowest BCUT2D eigenvalue weighted by molar-refractivity contribution is -0.178. The predicted octanol–water partition coefficient (Wildman–Crippen LogP) is 7.52. The van der Waals surface area contributed by atoms with Crippen LogP contribution in [0.2, 0.25) is 0 Å². The summed E-state index contributed by atoms with van der Waals surface area (Å²) >= 11 is 0. The van der Waals surface area contributed by atoms with E-state index in [0.717, 1.165) is 24.8 Å². The second-order valence-corrected chi connectivity index (χ2v) is 15.0. The Balaban J connectivity index is 1.91. The van der Waals surface area contributed by atoms with Crippen molar-refractivity contribution in [3.05, 3.63) is 23.3 Å². The first-order valence-corrected chi connectivity index (χ1v) is 16.0. The number of allylic oxidation sites excluding steroid dienone is 3. The van der Waals surface area contributed by atoms with E-state index >= 15 is 0 Å². The second kappa shape index (κ2) is 12.7. The van der Waals surface area contributed by atoms with Crippen LogP contribution in [0, 0.1) is 34.0 Å². The fourth-order valence-corrected chi connectivity index (χ4v) is 7.46. The average molecular weight is 573 g/mol. The zero-order chi connectivity index (χ0) is 30.8. The van der Waals surface area contributed by atoms with Gasteiger partial charge in [0.25, 0.3) is 0 Å². The molecule has 1 N–H and O–H groups in total. The third kappa shape index (κ3) is 6.68. The van der Waals surface area contributed by atoms with E-state index in [1.165, 1.54) is 25.7 Å². The second-order valence-electron chi connectivity index (χ2n) is 15.0. The van der Waals surface area contributed by atoms with Gasteiger partial charge < -0.3 is 14.6 Å². The predicted molar refractivity (Wildman–Crippen MR) is 162 cm³/mol. The summed E-state index contributed by atoms with van der Waals surface area (Å²) in [6.45, 7) is 17.6. The van der Waals surface area contributed by atoms with Crippen molar-refractivity contribution in [1.29, 1.82) is 0 Å². The number of rotatable bonds is 11. The van der Waals surface area contributed by atoms with E-state index in [1.807, 2.05) is 33.8 Å². The largest absolute Gasteiger partial charge is 0.461 e. The van der Waals surface area contributed by atoms with Gasteiger partial charge in [0.15, 0.2) is 5.78 Å². The van der Waals surface area contributed by atoms with Gasteiger partial charge in [-0.2, -0.15) is 0 Å². The fourth-order valence-electron chi connectivity index (χ4n) is 7.46. The molecule has 6 atom stereocenters. The highest BCUT2D eigenvalue weighted by Gasteiger charge is 2.65. The van der Waals surface area contributed by atoms with Gasteiger partial charge in [-0.25, -0.2) is 0 Å². The van der Waals surface area contributed by atoms with E-state index in [9.17, 15) is 19.5 Å². The minimum atomic E-state index is -0.909. The molecule has 0 aromatic heterocycles. The molecule has 1 saturated carbocycles. The minimum absolute atomic E-state index is 0.0636. The summed E-state index contributed by atoms with van der Waals surface area (Å²) in [5.41, 5.74) is -1.55. The van der Waals surface area contributed by atoms with Crippen molar-refractivity contribution >= 4 is 17.7 Å². The van der Waals surface area contributed by atoms with E-state index in [-0.39, 0.29) is 36.2 Å². The first-order chi connectivity index (χ1) is 19.0.